The number of hydrogen-bond donors (Lipinski definition) is 3. The molecule has 13 heavy (non-hydrogen) atoms. The summed E-state index contributed by atoms with van der Waals surface area (Å²) in [5, 5.41) is 9.30. The lowest BCUT2D eigenvalue weighted by molar-refractivity contribution is -0.122. The predicted molar refractivity (Wildman–Crippen MR) is 48.9 cm³/mol. The molecule has 1 rings (SSSR count). The topological polar surface area (TPSA) is 92.6 Å². The van der Waals surface area contributed by atoms with Gasteiger partial charge in [0.2, 0.25) is 5.91 Å². The number of aliphatic hydroxyl groups excluding tert-OH is 1. The summed E-state index contributed by atoms with van der Waals surface area (Å²) in [5.41, 5.74) is 10.5. The van der Waals surface area contributed by atoms with Crippen LogP contribution in [0.1, 0.15) is 12.8 Å². The number of amides is 1. The number of hydrogen-bond acceptors (Lipinski definition) is 4. The van der Waals surface area contributed by atoms with E-state index >= 15 is 0 Å². The zero-order chi connectivity index (χ0) is 9.84. The molecule has 1 saturated heterocycles. The number of primary amides is 1. The largest absolute Gasteiger partial charge is 0.390 e. The molecule has 1 aliphatic rings. The molecule has 0 bridgehead atoms. The summed E-state index contributed by atoms with van der Waals surface area (Å²) in [4.78, 5) is 12.9. The van der Waals surface area contributed by atoms with E-state index in [2.05, 4.69) is 0 Å². The Morgan fingerprint density at radius 1 is 1.69 bits per heavy atom. The van der Waals surface area contributed by atoms with Crippen molar-refractivity contribution >= 4 is 5.91 Å². The third-order valence-corrected chi connectivity index (χ3v) is 2.41. The van der Waals surface area contributed by atoms with E-state index < -0.39 is 6.10 Å². The molecule has 1 amide bonds. The van der Waals surface area contributed by atoms with Gasteiger partial charge in [-0.1, -0.05) is 0 Å². The average Bonchev–Trinajstić information content (AvgIpc) is 2.52. The Balaban J connectivity index is 2.44. The monoisotopic (exact) mass is 187 g/mol. The van der Waals surface area contributed by atoms with Crippen LogP contribution in [0.25, 0.3) is 0 Å². The summed E-state index contributed by atoms with van der Waals surface area (Å²) in [6.07, 6.45) is 1.21. The number of aliphatic hydroxyl groups is 1. The number of β-amino-alcohol motifs (C(OH)–C–C–N with tert-alkyl or cyclic N) is 1. The van der Waals surface area contributed by atoms with Crippen LogP contribution in [0.4, 0.5) is 0 Å². The highest BCUT2D eigenvalue weighted by molar-refractivity contribution is 5.80. The smallest absolute Gasteiger partial charge is 0.234 e. The normalized spacial score (nSPS) is 26.2. The minimum atomic E-state index is -0.556. The summed E-state index contributed by atoms with van der Waals surface area (Å²) in [5.74, 6) is -0.304. The van der Waals surface area contributed by atoms with Crippen molar-refractivity contribution in [3.05, 3.63) is 0 Å². The Morgan fingerprint density at radius 3 is 2.92 bits per heavy atom. The second-order valence-electron chi connectivity index (χ2n) is 3.44. The molecule has 0 aromatic rings. The summed E-state index contributed by atoms with van der Waals surface area (Å²) in [6, 6.07) is -0.207. The number of likely N-dealkylation sites (tertiary alicyclic amines) is 1. The second kappa shape index (κ2) is 4.55. The maximum atomic E-state index is 10.9. The molecule has 76 valence electrons. The van der Waals surface area contributed by atoms with Crippen molar-refractivity contribution in [2.24, 2.45) is 11.5 Å². The zero-order valence-electron chi connectivity index (χ0n) is 7.65. The van der Waals surface area contributed by atoms with Crippen LogP contribution in [0.15, 0.2) is 0 Å². The van der Waals surface area contributed by atoms with Crippen LogP contribution >= 0.6 is 0 Å². The molecule has 0 aliphatic carbocycles. The van der Waals surface area contributed by atoms with Crippen molar-refractivity contribution in [3.8, 4) is 0 Å². The van der Waals surface area contributed by atoms with Gasteiger partial charge >= 0.3 is 0 Å². The lowest BCUT2D eigenvalue weighted by Crippen LogP contribution is -2.45. The van der Waals surface area contributed by atoms with Crippen LogP contribution in [0.3, 0.4) is 0 Å². The van der Waals surface area contributed by atoms with Gasteiger partial charge in [-0.2, -0.15) is 0 Å². The Hall–Kier alpha value is -0.650. The van der Waals surface area contributed by atoms with E-state index in [-0.39, 0.29) is 18.5 Å². The van der Waals surface area contributed by atoms with E-state index in [9.17, 15) is 9.90 Å². The summed E-state index contributed by atoms with van der Waals surface area (Å²) < 4.78 is 0. The molecule has 5 heteroatoms. The van der Waals surface area contributed by atoms with Crippen molar-refractivity contribution in [2.45, 2.75) is 25.0 Å². The predicted octanol–water partition coefficient (Wildman–Crippen LogP) is -1.74. The molecule has 0 spiro atoms. The van der Waals surface area contributed by atoms with Crippen LogP contribution in [0.5, 0.6) is 0 Å². The molecular formula is C8H17N3O2. The van der Waals surface area contributed by atoms with Gasteiger partial charge in [-0.25, -0.2) is 0 Å². The number of nitrogens with zero attached hydrogens (tertiary/aromatic N) is 1. The van der Waals surface area contributed by atoms with Gasteiger partial charge in [0.15, 0.2) is 0 Å². The molecule has 0 aromatic heterocycles. The first-order valence-corrected chi connectivity index (χ1v) is 4.56. The number of nitrogens with two attached hydrogens (primary N) is 2. The van der Waals surface area contributed by atoms with Gasteiger partial charge in [0.05, 0.1) is 12.1 Å². The first-order valence-electron chi connectivity index (χ1n) is 4.56. The molecule has 0 aromatic carbocycles. The molecule has 5 N–H and O–H groups in total. The fourth-order valence-electron chi connectivity index (χ4n) is 1.71. The van der Waals surface area contributed by atoms with Gasteiger partial charge in [0, 0.05) is 13.1 Å². The van der Waals surface area contributed by atoms with Gasteiger partial charge in [-0.15, -0.1) is 0 Å². The fraction of sp³-hybridized carbons (Fsp3) is 0.875. The number of carbonyl (C=O) groups is 1. The highest BCUT2D eigenvalue weighted by Crippen LogP contribution is 2.16. The Morgan fingerprint density at radius 2 is 2.38 bits per heavy atom. The van der Waals surface area contributed by atoms with Gasteiger partial charge in [-0.05, 0) is 19.4 Å². The minimum Gasteiger partial charge on any atom is -0.390 e. The second-order valence-corrected chi connectivity index (χ2v) is 3.44. The molecule has 1 heterocycles. The van der Waals surface area contributed by atoms with Gasteiger partial charge in [0.25, 0.3) is 0 Å². The quantitative estimate of drug-likeness (QED) is 0.487. The van der Waals surface area contributed by atoms with Crippen molar-refractivity contribution in [3.63, 3.8) is 0 Å². The van der Waals surface area contributed by atoms with E-state index in [1.54, 1.807) is 0 Å². The van der Waals surface area contributed by atoms with E-state index in [1.165, 1.54) is 0 Å². The highest BCUT2D eigenvalue weighted by Gasteiger charge is 2.29. The lowest BCUT2D eigenvalue weighted by atomic mass is 10.2. The van der Waals surface area contributed by atoms with Crippen LogP contribution in [-0.4, -0.2) is 47.7 Å². The molecule has 2 unspecified atom stereocenters. The van der Waals surface area contributed by atoms with E-state index in [1.807, 2.05) is 4.90 Å². The van der Waals surface area contributed by atoms with Gasteiger partial charge in [-0.3, -0.25) is 9.69 Å². The third-order valence-electron chi connectivity index (χ3n) is 2.41. The molecule has 0 radical (unpaired) electrons. The number of carbonyl (C=O) groups excluding carboxylic acids is 1. The SMILES string of the molecule is NCC(O)CN1CCCC1C(N)=O. The Labute approximate surface area is 77.7 Å². The Kier molecular flexibility index (Phi) is 3.65. The van der Waals surface area contributed by atoms with Crippen LogP contribution in [-0.2, 0) is 4.79 Å². The summed E-state index contributed by atoms with van der Waals surface area (Å²) >= 11 is 0. The Bertz CT molecular complexity index is 186. The molecule has 1 fully saturated rings. The third kappa shape index (κ3) is 2.65. The first kappa shape index (κ1) is 10.4. The van der Waals surface area contributed by atoms with E-state index in [4.69, 9.17) is 11.5 Å². The lowest BCUT2D eigenvalue weighted by Gasteiger charge is -2.23. The summed E-state index contributed by atoms with van der Waals surface area (Å²) in [6.45, 7) is 1.50. The molecule has 0 saturated carbocycles. The molecule has 2 atom stereocenters. The number of rotatable bonds is 4. The molecular weight excluding hydrogens is 170 g/mol. The first-order chi connectivity index (χ1) is 6.15. The summed E-state index contributed by atoms with van der Waals surface area (Å²) in [7, 11) is 0. The van der Waals surface area contributed by atoms with E-state index in [0.717, 1.165) is 19.4 Å². The minimum absolute atomic E-state index is 0.207. The van der Waals surface area contributed by atoms with Crippen LogP contribution in [0.2, 0.25) is 0 Å². The van der Waals surface area contributed by atoms with Gasteiger partial charge < -0.3 is 16.6 Å². The molecule has 1 aliphatic heterocycles. The van der Waals surface area contributed by atoms with Gasteiger partial charge in [0.1, 0.15) is 0 Å². The standard InChI is InChI=1S/C8H17N3O2/c9-4-6(12)5-11-3-1-2-7(11)8(10)13/h6-7,12H,1-5,9H2,(H2,10,13). The maximum Gasteiger partial charge on any atom is 0.234 e. The van der Waals surface area contributed by atoms with Crippen molar-refractivity contribution in [1.82, 2.24) is 4.90 Å². The van der Waals surface area contributed by atoms with Crippen LogP contribution < -0.4 is 11.5 Å². The average molecular weight is 187 g/mol. The molecule has 5 nitrogen and oxygen atoms in total. The fourth-order valence-corrected chi connectivity index (χ4v) is 1.71. The van der Waals surface area contributed by atoms with E-state index in [0.29, 0.717) is 6.54 Å². The van der Waals surface area contributed by atoms with Crippen molar-refractivity contribution in [1.29, 1.82) is 0 Å². The highest BCUT2D eigenvalue weighted by atomic mass is 16.3. The maximum absolute atomic E-state index is 10.9. The zero-order valence-corrected chi connectivity index (χ0v) is 7.65. The van der Waals surface area contributed by atoms with Crippen molar-refractivity contribution < 1.29 is 9.90 Å². The van der Waals surface area contributed by atoms with Crippen molar-refractivity contribution in [2.75, 3.05) is 19.6 Å². The van der Waals surface area contributed by atoms with Crippen LogP contribution in [0, 0.1) is 0 Å².